The third-order valence-corrected chi connectivity index (χ3v) is 17.0. The molecule has 0 aliphatic heterocycles. The molecule has 0 bridgehead atoms. The lowest BCUT2D eigenvalue weighted by molar-refractivity contribution is -0.235. The summed E-state index contributed by atoms with van der Waals surface area (Å²) in [7, 11) is 3.44. The highest BCUT2D eigenvalue weighted by molar-refractivity contribution is 6.30. The average Bonchev–Trinajstić information content (AvgIpc) is 3.43. The summed E-state index contributed by atoms with van der Waals surface area (Å²) in [6, 6.07) is 0. The number of nitrogens with zero attached hydrogens (tertiary/aromatic N) is 4. The number of ether oxygens (including phenoxy) is 1. The quantitative estimate of drug-likeness (QED) is 0.200. The van der Waals surface area contributed by atoms with Crippen molar-refractivity contribution in [2.75, 3.05) is 27.2 Å². The topological polar surface area (TPSA) is 150 Å². The van der Waals surface area contributed by atoms with Crippen molar-refractivity contribution in [1.29, 1.82) is 0 Å². The van der Waals surface area contributed by atoms with Gasteiger partial charge in [-0.25, -0.2) is 9.97 Å². The maximum atomic E-state index is 14.3. The van der Waals surface area contributed by atoms with E-state index in [2.05, 4.69) is 58.4 Å². The van der Waals surface area contributed by atoms with Gasteiger partial charge in [0.2, 0.25) is 5.91 Å². The number of aliphatic hydroxyl groups excluding tert-OH is 1. The molecule has 12 heteroatoms. The van der Waals surface area contributed by atoms with Crippen LogP contribution < -0.4 is 0 Å². The van der Waals surface area contributed by atoms with Gasteiger partial charge in [-0.3, -0.25) is 24.1 Å². The largest absolute Gasteiger partial charge is 0.481 e. The number of allylic oxidation sites excluding steroid dienone is 1. The van der Waals surface area contributed by atoms with Gasteiger partial charge in [-0.15, -0.1) is 0 Å². The minimum atomic E-state index is -1.19. The van der Waals surface area contributed by atoms with Crippen molar-refractivity contribution in [1.82, 2.24) is 19.8 Å². The number of hydrogen-bond donors (Lipinski definition) is 2. The SMILES string of the molecule is CC(C)C1=C2[C@H]3CC[C@@H]4[C@@]5(C)CC[C@H](OC(=O)CC(C)(C)C(=O)O)C(C)(C)[C@@H]5CC[C@@]4(C)[C@]3(C)CC[C@@]2([C@@H](O)CN(CC(=O)N(C)C)Cc2ncc(Cl)cn2)CC1=O. The fourth-order valence-corrected chi connectivity index (χ4v) is 13.6. The zero-order valence-electron chi connectivity index (χ0n) is 36.9. The fourth-order valence-electron chi connectivity index (χ4n) is 13.5. The van der Waals surface area contributed by atoms with Gasteiger partial charge in [0, 0.05) is 50.3 Å². The number of esters is 1. The van der Waals surface area contributed by atoms with Crippen molar-refractivity contribution in [2.24, 2.45) is 56.2 Å². The maximum Gasteiger partial charge on any atom is 0.309 e. The molecule has 4 saturated carbocycles. The van der Waals surface area contributed by atoms with Crippen LogP contribution in [0.2, 0.25) is 5.02 Å². The van der Waals surface area contributed by atoms with Gasteiger partial charge in [0.05, 0.1) is 36.1 Å². The number of carboxylic acids is 1. The zero-order valence-corrected chi connectivity index (χ0v) is 37.7. The molecule has 6 rings (SSSR count). The van der Waals surface area contributed by atoms with Gasteiger partial charge in [-0.2, -0.15) is 0 Å². The van der Waals surface area contributed by atoms with Crippen molar-refractivity contribution < 1.29 is 34.1 Å². The molecule has 0 unspecified atom stereocenters. The Bertz CT molecular complexity index is 1830. The number of amides is 1. The summed E-state index contributed by atoms with van der Waals surface area (Å²) in [4.78, 5) is 64.6. The molecule has 0 saturated heterocycles. The first-order valence-corrected chi connectivity index (χ1v) is 22.0. The lowest BCUT2D eigenvalue weighted by Crippen LogP contribution is -2.66. The number of carboxylic acid groups (broad SMARTS) is 1. The maximum absolute atomic E-state index is 14.3. The first-order valence-electron chi connectivity index (χ1n) is 21.6. The first kappa shape index (κ1) is 44.7. The molecule has 1 heterocycles. The Morgan fingerprint density at radius 1 is 0.948 bits per heavy atom. The average molecular weight is 826 g/mol. The Hall–Kier alpha value is -2.89. The van der Waals surface area contributed by atoms with Gasteiger partial charge < -0.3 is 19.8 Å². The number of likely N-dealkylation sites (N-methyl/N-ethyl adjacent to an activating group) is 1. The Balaban J connectivity index is 1.30. The molecule has 2 N–H and O–H groups in total. The standard InChI is InChI=1S/C46H69ClN4O7/c1-27(2)38-30(52)20-46(33(53)24-51(26-36(54)50(10)11)25-35-48-22-28(47)23-49-35)19-18-44(8)29(39(38)46)12-13-32-43(7)16-15-34(58-37(55)21-41(3,4)40(56)57)42(5,6)31(43)14-17-45(32,44)9/h22-23,27,29,31-34,53H,12-21,24-26H2,1-11H3,(H,56,57)/t29-,31+,32-,33+,34+,43+,44-,45-,46+/m1/s1. The number of ketones is 1. The molecular weight excluding hydrogens is 756 g/mol. The molecule has 0 spiro atoms. The molecule has 5 aliphatic carbocycles. The number of halogens is 1. The van der Waals surface area contributed by atoms with Crippen LogP contribution in [0.4, 0.5) is 0 Å². The summed E-state index contributed by atoms with van der Waals surface area (Å²) in [6.07, 6.45) is 9.29. The third kappa shape index (κ3) is 7.35. The molecule has 58 heavy (non-hydrogen) atoms. The van der Waals surface area contributed by atoms with Crippen LogP contribution in [0, 0.1) is 56.2 Å². The second-order valence-electron chi connectivity index (χ2n) is 21.3. The van der Waals surface area contributed by atoms with Crippen molar-refractivity contribution in [3.8, 4) is 0 Å². The van der Waals surface area contributed by atoms with E-state index in [1.807, 2.05) is 4.90 Å². The Morgan fingerprint density at radius 2 is 1.60 bits per heavy atom. The van der Waals surface area contributed by atoms with Crippen molar-refractivity contribution in [3.05, 3.63) is 34.4 Å². The molecule has 0 radical (unpaired) electrons. The van der Waals surface area contributed by atoms with Gasteiger partial charge in [0.25, 0.3) is 0 Å². The Kier molecular flexibility index (Phi) is 12.0. The van der Waals surface area contributed by atoms with Gasteiger partial charge in [0.1, 0.15) is 11.9 Å². The number of hydrogen-bond acceptors (Lipinski definition) is 9. The van der Waals surface area contributed by atoms with Crippen LogP contribution in [0.1, 0.15) is 132 Å². The van der Waals surface area contributed by atoms with E-state index in [1.54, 1.807) is 32.8 Å². The summed E-state index contributed by atoms with van der Waals surface area (Å²) in [5.74, 6) is 0.0103. The number of fused-ring (bicyclic) bond motifs is 7. The summed E-state index contributed by atoms with van der Waals surface area (Å²) >= 11 is 6.09. The summed E-state index contributed by atoms with van der Waals surface area (Å²) in [6.45, 7) is 19.9. The molecular formula is C46H69ClN4O7. The van der Waals surface area contributed by atoms with Crippen molar-refractivity contribution in [3.63, 3.8) is 0 Å². The molecule has 1 amide bonds. The van der Waals surface area contributed by atoms with E-state index in [4.69, 9.17) is 16.3 Å². The Labute approximate surface area is 351 Å². The fraction of sp³-hybridized carbons (Fsp3) is 0.783. The van der Waals surface area contributed by atoms with E-state index < -0.39 is 28.9 Å². The zero-order chi connectivity index (χ0) is 43.0. The van der Waals surface area contributed by atoms with E-state index in [-0.39, 0.29) is 83.8 Å². The molecule has 4 fully saturated rings. The highest BCUT2D eigenvalue weighted by Gasteiger charge is 2.71. The number of Topliss-reactive ketones (excluding diaryl/α,β-unsaturated/α-hetero) is 1. The summed E-state index contributed by atoms with van der Waals surface area (Å²) in [5, 5.41) is 22.7. The van der Waals surface area contributed by atoms with Crippen LogP contribution in [-0.2, 0) is 30.5 Å². The molecule has 322 valence electrons. The van der Waals surface area contributed by atoms with Crippen LogP contribution in [0.15, 0.2) is 23.5 Å². The number of carbonyl (C=O) groups is 4. The van der Waals surface area contributed by atoms with E-state index >= 15 is 0 Å². The van der Waals surface area contributed by atoms with Crippen LogP contribution in [0.3, 0.4) is 0 Å². The monoisotopic (exact) mass is 824 g/mol. The third-order valence-electron chi connectivity index (χ3n) is 16.8. The van der Waals surface area contributed by atoms with E-state index in [0.29, 0.717) is 29.1 Å². The number of aliphatic carboxylic acids is 1. The molecule has 11 nitrogen and oxygen atoms in total. The first-order chi connectivity index (χ1) is 26.8. The van der Waals surface area contributed by atoms with Crippen molar-refractivity contribution >= 4 is 35.2 Å². The second-order valence-corrected chi connectivity index (χ2v) is 21.8. The van der Waals surface area contributed by atoms with Crippen molar-refractivity contribution in [2.45, 2.75) is 145 Å². The minimum Gasteiger partial charge on any atom is -0.481 e. The van der Waals surface area contributed by atoms with Gasteiger partial charge in [-0.05, 0) is 111 Å². The number of rotatable bonds is 12. The van der Waals surface area contributed by atoms with Crippen LogP contribution >= 0.6 is 11.6 Å². The van der Waals surface area contributed by atoms with Gasteiger partial charge in [0.15, 0.2) is 5.78 Å². The lowest BCUT2D eigenvalue weighted by atomic mass is 9.33. The van der Waals surface area contributed by atoms with Gasteiger partial charge >= 0.3 is 11.9 Å². The minimum absolute atomic E-state index is 0.00570. The molecule has 5 aliphatic rings. The second kappa shape index (κ2) is 15.5. The molecule has 1 aromatic heterocycles. The smallest absolute Gasteiger partial charge is 0.309 e. The summed E-state index contributed by atoms with van der Waals surface area (Å²) < 4.78 is 6.18. The van der Waals surface area contributed by atoms with E-state index in [0.717, 1.165) is 50.5 Å². The predicted molar refractivity (Wildman–Crippen MR) is 222 cm³/mol. The van der Waals surface area contributed by atoms with E-state index in [9.17, 15) is 29.4 Å². The highest BCUT2D eigenvalue weighted by atomic mass is 35.5. The van der Waals surface area contributed by atoms with Crippen LogP contribution in [-0.4, -0.2) is 93.0 Å². The lowest BCUT2D eigenvalue weighted by Gasteiger charge is -2.72. The number of carbonyl (C=O) groups excluding carboxylic acids is 3. The van der Waals surface area contributed by atoms with Crippen LogP contribution in [0.25, 0.3) is 0 Å². The number of aliphatic hydroxyl groups is 1. The van der Waals surface area contributed by atoms with E-state index in [1.165, 1.54) is 18.0 Å². The summed E-state index contributed by atoms with van der Waals surface area (Å²) in [5.41, 5.74) is -0.240. The Morgan fingerprint density at radius 3 is 2.21 bits per heavy atom. The number of aromatic nitrogens is 2. The van der Waals surface area contributed by atoms with Gasteiger partial charge in [-0.1, -0.05) is 65.6 Å². The molecule has 0 aromatic carbocycles. The van der Waals surface area contributed by atoms with Crippen LogP contribution in [0.5, 0.6) is 0 Å². The molecule has 1 aromatic rings. The normalized spacial score (nSPS) is 34.8. The predicted octanol–water partition coefficient (Wildman–Crippen LogP) is 7.77. The highest BCUT2D eigenvalue weighted by Crippen LogP contribution is 2.77. The molecule has 9 atom stereocenters.